The number of nitrogens with zero attached hydrogens (tertiary/aromatic N) is 2. The summed E-state index contributed by atoms with van der Waals surface area (Å²) in [4.78, 5) is 4.65. The van der Waals surface area contributed by atoms with Crippen LogP contribution in [0.2, 0.25) is 0 Å². The second-order valence-electron chi connectivity index (χ2n) is 4.89. The van der Waals surface area contributed by atoms with Gasteiger partial charge < -0.3 is 4.90 Å². The van der Waals surface area contributed by atoms with E-state index in [1.165, 1.54) is 19.4 Å². The first kappa shape index (κ1) is 22.3. The lowest BCUT2D eigenvalue weighted by Crippen LogP contribution is -2.33. The van der Waals surface area contributed by atoms with Crippen molar-refractivity contribution in [1.29, 1.82) is 0 Å². The van der Waals surface area contributed by atoms with E-state index in [1.807, 2.05) is 27.7 Å². The molecule has 2 nitrogen and oxygen atoms in total. The van der Waals surface area contributed by atoms with Gasteiger partial charge in [0.2, 0.25) is 0 Å². The Labute approximate surface area is 134 Å². The fourth-order valence-corrected chi connectivity index (χ4v) is 1.85. The molecule has 0 N–H and O–H groups in total. The summed E-state index contributed by atoms with van der Waals surface area (Å²) in [6, 6.07) is 0.718. The van der Waals surface area contributed by atoms with Crippen LogP contribution >= 0.6 is 0 Å². The molecule has 2 aliphatic rings. The van der Waals surface area contributed by atoms with Crippen LogP contribution in [0.5, 0.6) is 0 Å². The van der Waals surface area contributed by atoms with E-state index in [-0.39, 0.29) is 0 Å². The molecule has 0 saturated heterocycles. The highest BCUT2D eigenvalue weighted by molar-refractivity contribution is 5.04. The molecule has 21 heavy (non-hydrogen) atoms. The van der Waals surface area contributed by atoms with Crippen molar-refractivity contribution in [1.82, 2.24) is 9.80 Å². The summed E-state index contributed by atoms with van der Waals surface area (Å²) in [6.07, 6.45) is 15.3. The maximum absolute atomic E-state index is 2.47. The Balaban J connectivity index is 0. The molecule has 0 aromatic heterocycles. The van der Waals surface area contributed by atoms with Crippen molar-refractivity contribution in [2.24, 2.45) is 0 Å². The first-order valence-electron chi connectivity index (χ1n) is 8.63. The first-order valence-corrected chi connectivity index (χ1v) is 8.63. The van der Waals surface area contributed by atoms with Crippen LogP contribution in [-0.2, 0) is 0 Å². The third kappa shape index (κ3) is 13.7. The van der Waals surface area contributed by atoms with Gasteiger partial charge in [0, 0.05) is 32.7 Å². The molecule has 0 amide bonds. The molecule has 0 spiro atoms. The van der Waals surface area contributed by atoms with Crippen LogP contribution in [0.25, 0.3) is 0 Å². The maximum atomic E-state index is 2.47. The SMILES string of the molecule is CC.CC.CC(C)N1CC=CCC1.CN1C=CC=CCC1. The molecule has 0 saturated carbocycles. The van der Waals surface area contributed by atoms with Crippen molar-refractivity contribution in [2.75, 3.05) is 26.7 Å². The van der Waals surface area contributed by atoms with Crippen molar-refractivity contribution in [3.63, 3.8) is 0 Å². The molecule has 2 aliphatic heterocycles. The largest absolute Gasteiger partial charge is 0.380 e. The number of hydrogen-bond donors (Lipinski definition) is 0. The summed E-state index contributed by atoms with van der Waals surface area (Å²) >= 11 is 0. The van der Waals surface area contributed by atoms with Crippen LogP contribution in [0.15, 0.2) is 36.6 Å². The topological polar surface area (TPSA) is 6.48 Å². The lowest BCUT2D eigenvalue weighted by atomic mass is 10.2. The molecular weight excluding hydrogens is 256 g/mol. The molecule has 124 valence electrons. The molecule has 0 atom stereocenters. The Morgan fingerprint density at radius 1 is 0.810 bits per heavy atom. The van der Waals surface area contributed by atoms with Gasteiger partial charge >= 0.3 is 0 Å². The third-order valence-corrected chi connectivity index (χ3v) is 3.06. The van der Waals surface area contributed by atoms with Crippen molar-refractivity contribution in [2.45, 2.75) is 60.4 Å². The van der Waals surface area contributed by atoms with E-state index in [2.05, 4.69) is 67.3 Å². The van der Waals surface area contributed by atoms with Gasteiger partial charge in [0.15, 0.2) is 0 Å². The van der Waals surface area contributed by atoms with Crippen LogP contribution in [0.3, 0.4) is 0 Å². The monoisotopic (exact) mass is 294 g/mol. The normalized spacial score (nSPS) is 16.9. The van der Waals surface area contributed by atoms with Gasteiger partial charge in [-0.25, -0.2) is 0 Å². The summed E-state index contributed by atoms with van der Waals surface area (Å²) in [5, 5.41) is 0. The van der Waals surface area contributed by atoms with Gasteiger partial charge in [0.1, 0.15) is 0 Å². The highest BCUT2D eigenvalue weighted by Crippen LogP contribution is 2.04. The molecule has 2 rings (SSSR count). The Hall–Kier alpha value is -1.02. The molecule has 2 heteroatoms. The average molecular weight is 295 g/mol. The fourth-order valence-electron chi connectivity index (χ4n) is 1.85. The Morgan fingerprint density at radius 2 is 1.43 bits per heavy atom. The standard InChI is InChI=1S/C8H15N.C7H11N.2C2H6/c1-8(2)9-6-4-3-5-7-9;1-8-6-4-2-3-5-7-8;2*1-2/h3-4,8H,5-7H2,1-2H3;2-4,6H,5,7H2,1H3;2*1-2H3. The van der Waals surface area contributed by atoms with E-state index in [0.717, 1.165) is 19.1 Å². The molecule has 0 aliphatic carbocycles. The Kier molecular flexibility index (Phi) is 18.1. The molecular formula is C19H38N2. The summed E-state index contributed by atoms with van der Waals surface area (Å²) in [5.41, 5.74) is 0. The zero-order valence-corrected chi connectivity index (χ0v) is 15.5. The lowest BCUT2D eigenvalue weighted by molar-refractivity contribution is 0.243. The van der Waals surface area contributed by atoms with Crippen molar-refractivity contribution >= 4 is 0 Å². The van der Waals surface area contributed by atoms with Crippen molar-refractivity contribution in [3.05, 3.63) is 36.6 Å². The zero-order chi connectivity index (χ0) is 16.5. The van der Waals surface area contributed by atoms with E-state index < -0.39 is 0 Å². The Bertz CT molecular complexity index is 277. The van der Waals surface area contributed by atoms with Crippen LogP contribution in [0, 0.1) is 0 Å². The summed E-state index contributed by atoms with van der Waals surface area (Å²) in [6.45, 7) is 16.0. The molecule has 0 aromatic rings. The minimum atomic E-state index is 0.718. The number of hydrogen-bond acceptors (Lipinski definition) is 2. The van der Waals surface area contributed by atoms with Crippen molar-refractivity contribution in [3.8, 4) is 0 Å². The molecule has 0 aromatic carbocycles. The smallest absolute Gasteiger partial charge is 0.0203 e. The third-order valence-electron chi connectivity index (χ3n) is 3.06. The highest BCUT2D eigenvalue weighted by Gasteiger charge is 2.07. The summed E-state index contributed by atoms with van der Waals surface area (Å²) in [7, 11) is 2.09. The van der Waals surface area contributed by atoms with E-state index in [9.17, 15) is 0 Å². The van der Waals surface area contributed by atoms with Gasteiger partial charge in [-0.05, 0) is 39.0 Å². The van der Waals surface area contributed by atoms with Gasteiger partial charge in [-0.3, -0.25) is 4.90 Å². The Morgan fingerprint density at radius 3 is 1.90 bits per heavy atom. The minimum Gasteiger partial charge on any atom is -0.380 e. The summed E-state index contributed by atoms with van der Waals surface area (Å²) in [5.74, 6) is 0. The van der Waals surface area contributed by atoms with E-state index in [0.29, 0.717) is 0 Å². The van der Waals surface area contributed by atoms with Gasteiger partial charge in [0.05, 0.1) is 0 Å². The van der Waals surface area contributed by atoms with Crippen LogP contribution in [-0.4, -0.2) is 42.5 Å². The molecule has 2 heterocycles. The molecule has 0 unspecified atom stereocenters. The second kappa shape index (κ2) is 17.0. The fraction of sp³-hybridized carbons (Fsp3) is 0.684. The quantitative estimate of drug-likeness (QED) is 0.621. The van der Waals surface area contributed by atoms with Gasteiger partial charge in [-0.2, -0.15) is 0 Å². The predicted octanol–water partition coefficient (Wildman–Crippen LogP) is 5.10. The van der Waals surface area contributed by atoms with Crippen LogP contribution < -0.4 is 0 Å². The number of allylic oxidation sites excluding steroid dienone is 2. The molecule has 0 fully saturated rings. The van der Waals surface area contributed by atoms with Gasteiger partial charge in [-0.1, -0.05) is 52.0 Å². The van der Waals surface area contributed by atoms with E-state index in [1.54, 1.807) is 0 Å². The van der Waals surface area contributed by atoms with Crippen molar-refractivity contribution < 1.29 is 0 Å². The zero-order valence-electron chi connectivity index (χ0n) is 15.5. The lowest BCUT2D eigenvalue weighted by Gasteiger charge is -2.26. The highest BCUT2D eigenvalue weighted by atomic mass is 15.1. The van der Waals surface area contributed by atoms with E-state index in [4.69, 9.17) is 0 Å². The second-order valence-corrected chi connectivity index (χ2v) is 4.89. The van der Waals surface area contributed by atoms with Gasteiger partial charge in [0.25, 0.3) is 0 Å². The average Bonchev–Trinajstić information content (AvgIpc) is 2.80. The van der Waals surface area contributed by atoms with Crippen LogP contribution in [0.1, 0.15) is 54.4 Å². The number of rotatable bonds is 1. The minimum absolute atomic E-state index is 0.718. The molecule has 0 bridgehead atoms. The summed E-state index contributed by atoms with van der Waals surface area (Å²) < 4.78 is 0. The predicted molar refractivity (Wildman–Crippen MR) is 98.7 cm³/mol. The first-order chi connectivity index (χ1) is 10.2. The van der Waals surface area contributed by atoms with Crippen LogP contribution in [0.4, 0.5) is 0 Å². The van der Waals surface area contributed by atoms with Gasteiger partial charge in [-0.15, -0.1) is 0 Å². The molecule has 0 radical (unpaired) electrons. The maximum Gasteiger partial charge on any atom is 0.0203 e. The van der Waals surface area contributed by atoms with E-state index >= 15 is 0 Å².